The molecule has 0 saturated carbocycles. The number of aliphatic imine (C=N–C) groups is 1. The molecule has 1 rings (SSSR count). The average molecular weight is 260 g/mol. The van der Waals surface area contributed by atoms with E-state index >= 15 is 0 Å². The van der Waals surface area contributed by atoms with Gasteiger partial charge in [-0.05, 0) is 27.7 Å². The van der Waals surface area contributed by atoms with Crippen LogP contribution >= 0.6 is 0 Å². The van der Waals surface area contributed by atoms with E-state index < -0.39 is 17.5 Å². The Labute approximate surface area is 106 Å². The van der Waals surface area contributed by atoms with Crippen molar-refractivity contribution in [3.63, 3.8) is 0 Å². The van der Waals surface area contributed by atoms with Gasteiger partial charge in [0, 0.05) is 7.05 Å². The number of guanidine groups is 1. The molecule has 2 atom stereocenters. The molecule has 0 amide bonds. The minimum absolute atomic E-state index is 0.0270. The van der Waals surface area contributed by atoms with E-state index in [1.54, 1.807) is 11.9 Å². The molecule has 8 nitrogen and oxygen atoms in total. The molecule has 0 aromatic rings. The molecular formula is C10H20N4O4. The van der Waals surface area contributed by atoms with Gasteiger partial charge in [0.15, 0.2) is 17.5 Å². The fraction of sp³-hybridized carbons (Fsp3) is 0.900. The molecule has 104 valence electrons. The number of ether oxygens (including phenoxy) is 2. The summed E-state index contributed by atoms with van der Waals surface area (Å²) in [5, 5.41) is 9.81. The molecular weight excluding hydrogens is 240 g/mol. The average Bonchev–Trinajstić information content (AvgIpc) is 2.44. The zero-order chi connectivity index (χ0) is 13.9. The van der Waals surface area contributed by atoms with Crippen molar-refractivity contribution in [1.82, 2.24) is 10.3 Å². The van der Waals surface area contributed by atoms with Crippen molar-refractivity contribution in [2.24, 2.45) is 4.99 Å². The molecule has 0 radical (unpaired) electrons. The Balaban J connectivity index is 2.79. The van der Waals surface area contributed by atoms with E-state index in [1.807, 2.05) is 33.1 Å². The summed E-state index contributed by atoms with van der Waals surface area (Å²) in [6.07, 6.45) is -1.10. The zero-order valence-corrected chi connectivity index (χ0v) is 11.3. The molecule has 0 fully saturated rings. The van der Waals surface area contributed by atoms with Crippen LogP contribution in [0.2, 0.25) is 0 Å². The highest BCUT2D eigenvalue weighted by Crippen LogP contribution is 2.20. The lowest BCUT2D eigenvalue weighted by atomic mass is 10.4. The van der Waals surface area contributed by atoms with Crippen molar-refractivity contribution in [2.45, 2.75) is 52.4 Å². The van der Waals surface area contributed by atoms with Crippen LogP contribution in [0.25, 0.3) is 0 Å². The summed E-state index contributed by atoms with van der Waals surface area (Å²) >= 11 is 0. The number of likely N-dealkylation sites (N-methyl/N-ethyl adjacent to an activating group) is 1. The molecule has 1 heterocycles. The quantitative estimate of drug-likeness (QED) is 0.574. The van der Waals surface area contributed by atoms with Crippen LogP contribution in [-0.4, -0.2) is 47.6 Å². The fourth-order valence-corrected chi connectivity index (χ4v) is 1.59. The van der Waals surface area contributed by atoms with Crippen molar-refractivity contribution in [3.05, 3.63) is 10.1 Å². The Bertz CT molecular complexity index is 332. The Kier molecular flexibility index (Phi) is 4.85. The molecule has 0 saturated heterocycles. The van der Waals surface area contributed by atoms with E-state index in [-0.39, 0.29) is 18.2 Å². The Morgan fingerprint density at radius 1 is 1.33 bits per heavy atom. The van der Waals surface area contributed by atoms with E-state index in [2.05, 4.69) is 4.99 Å². The first-order valence-corrected chi connectivity index (χ1v) is 5.84. The second-order valence-corrected chi connectivity index (χ2v) is 4.58. The molecule has 1 N–H and O–H groups in total. The second kappa shape index (κ2) is 5.96. The normalized spacial score (nSPS) is 23.7. The third-order valence-electron chi connectivity index (χ3n) is 2.22. The predicted molar refractivity (Wildman–Crippen MR) is 65.3 cm³/mol. The van der Waals surface area contributed by atoms with Crippen LogP contribution in [0.3, 0.4) is 0 Å². The van der Waals surface area contributed by atoms with Crippen LogP contribution in [0.1, 0.15) is 27.7 Å². The van der Waals surface area contributed by atoms with Gasteiger partial charge in [0.1, 0.15) is 0 Å². The van der Waals surface area contributed by atoms with Crippen LogP contribution in [-0.2, 0) is 9.47 Å². The van der Waals surface area contributed by atoms with Gasteiger partial charge in [0.25, 0.3) is 5.96 Å². The van der Waals surface area contributed by atoms with Crippen LogP contribution in [0.15, 0.2) is 4.99 Å². The molecule has 0 aliphatic carbocycles. The number of hydrogen-bond acceptors (Lipinski definition) is 6. The molecule has 8 heteroatoms. The van der Waals surface area contributed by atoms with Crippen LogP contribution in [0, 0.1) is 10.1 Å². The smallest absolute Gasteiger partial charge is 0.261 e. The molecule has 0 aromatic heterocycles. The summed E-state index contributed by atoms with van der Waals surface area (Å²) in [5.74, 6) is 0.135. The molecule has 0 unspecified atom stereocenters. The maximum Gasteiger partial charge on any atom is 0.261 e. The minimum Gasteiger partial charge on any atom is -0.351 e. The van der Waals surface area contributed by atoms with Gasteiger partial charge in [-0.3, -0.25) is 0 Å². The van der Waals surface area contributed by atoms with Crippen molar-refractivity contribution in [2.75, 3.05) is 7.05 Å². The minimum atomic E-state index is -0.653. The largest absolute Gasteiger partial charge is 0.351 e. The summed E-state index contributed by atoms with van der Waals surface area (Å²) in [4.78, 5) is 16.2. The first kappa shape index (κ1) is 14.7. The van der Waals surface area contributed by atoms with Gasteiger partial charge >= 0.3 is 0 Å². The topological polar surface area (TPSA) is 89.2 Å². The highest BCUT2D eigenvalue weighted by Gasteiger charge is 2.38. The highest BCUT2D eigenvalue weighted by molar-refractivity contribution is 5.80. The van der Waals surface area contributed by atoms with Crippen LogP contribution in [0.4, 0.5) is 0 Å². The molecule has 1 aliphatic rings. The number of hydrazine groups is 1. The fourth-order valence-electron chi connectivity index (χ4n) is 1.59. The van der Waals surface area contributed by atoms with Crippen LogP contribution in [0.5, 0.6) is 0 Å². The molecule has 0 bridgehead atoms. The lowest BCUT2D eigenvalue weighted by molar-refractivity contribution is -0.526. The Morgan fingerprint density at radius 2 is 1.89 bits per heavy atom. The van der Waals surface area contributed by atoms with E-state index in [9.17, 15) is 10.1 Å². The summed E-state index contributed by atoms with van der Waals surface area (Å²) in [7, 11) is 1.67. The summed E-state index contributed by atoms with van der Waals surface area (Å²) < 4.78 is 11.3. The third-order valence-corrected chi connectivity index (χ3v) is 2.22. The van der Waals surface area contributed by atoms with Crippen molar-refractivity contribution < 1.29 is 14.5 Å². The van der Waals surface area contributed by atoms with Gasteiger partial charge in [0.05, 0.1) is 12.2 Å². The molecule has 0 aromatic carbocycles. The van der Waals surface area contributed by atoms with Gasteiger partial charge in [-0.2, -0.15) is 0 Å². The van der Waals surface area contributed by atoms with Crippen LogP contribution < -0.4 is 5.43 Å². The number of hydrogen-bond donors (Lipinski definition) is 1. The Morgan fingerprint density at radius 3 is 2.33 bits per heavy atom. The highest BCUT2D eigenvalue weighted by atomic mass is 16.7. The lowest BCUT2D eigenvalue weighted by Crippen LogP contribution is -2.46. The lowest BCUT2D eigenvalue weighted by Gasteiger charge is -2.28. The summed E-state index contributed by atoms with van der Waals surface area (Å²) in [5.41, 5.74) is 2.04. The summed E-state index contributed by atoms with van der Waals surface area (Å²) in [6, 6.07) is 0. The van der Waals surface area contributed by atoms with Crippen molar-refractivity contribution in [1.29, 1.82) is 0 Å². The van der Waals surface area contributed by atoms with E-state index in [4.69, 9.17) is 9.47 Å². The molecule has 18 heavy (non-hydrogen) atoms. The Hall–Kier alpha value is -1.41. The predicted octanol–water partition coefficient (Wildman–Crippen LogP) is 0.571. The van der Waals surface area contributed by atoms with Gasteiger partial charge in [-0.25, -0.2) is 15.1 Å². The molecule has 1 aliphatic heterocycles. The number of nitro groups is 1. The van der Waals surface area contributed by atoms with Crippen molar-refractivity contribution >= 4 is 5.96 Å². The van der Waals surface area contributed by atoms with Gasteiger partial charge in [-0.15, -0.1) is 0 Å². The first-order valence-electron chi connectivity index (χ1n) is 5.84. The standard InChI is InChI=1S/C10H20N4O4/c1-6(2)17-8-9(18-7(3)4)13(5)10(11-8)12-14(15)16/h6-9H,1-5H3,(H,11,12)/t8-,9-/m1/s1. The first-order chi connectivity index (χ1) is 8.31. The second-order valence-electron chi connectivity index (χ2n) is 4.58. The van der Waals surface area contributed by atoms with Crippen molar-refractivity contribution in [3.8, 4) is 0 Å². The number of rotatable bonds is 5. The van der Waals surface area contributed by atoms with E-state index in [0.717, 1.165) is 0 Å². The zero-order valence-electron chi connectivity index (χ0n) is 11.3. The third kappa shape index (κ3) is 3.81. The van der Waals surface area contributed by atoms with E-state index in [0.29, 0.717) is 0 Å². The van der Waals surface area contributed by atoms with E-state index in [1.165, 1.54) is 0 Å². The van der Waals surface area contributed by atoms with Gasteiger partial charge in [0.2, 0.25) is 0 Å². The monoisotopic (exact) mass is 260 g/mol. The maximum atomic E-state index is 10.5. The summed E-state index contributed by atoms with van der Waals surface area (Å²) in [6.45, 7) is 7.53. The van der Waals surface area contributed by atoms with Gasteiger partial charge < -0.3 is 14.4 Å². The van der Waals surface area contributed by atoms with Gasteiger partial charge in [-0.1, -0.05) is 5.43 Å². The number of nitrogens with zero attached hydrogens (tertiary/aromatic N) is 3. The maximum absolute atomic E-state index is 10.5. The molecule has 0 spiro atoms. The SMILES string of the molecule is CC(C)O[C@H]1N=C(N[N+](=O)[O-])N(C)[C@@H]1OC(C)C. The number of nitrogens with one attached hydrogen (secondary N) is 1.